The number of anilines is 1. The summed E-state index contributed by atoms with van der Waals surface area (Å²) < 4.78 is 11.1. The van der Waals surface area contributed by atoms with Crippen molar-refractivity contribution in [3.63, 3.8) is 0 Å². The minimum absolute atomic E-state index is 0.0183. The van der Waals surface area contributed by atoms with E-state index in [2.05, 4.69) is 11.4 Å². The fourth-order valence-corrected chi connectivity index (χ4v) is 6.23. The zero-order valence-electron chi connectivity index (χ0n) is 18.4. The van der Waals surface area contributed by atoms with E-state index in [-0.39, 0.29) is 17.9 Å². The van der Waals surface area contributed by atoms with Gasteiger partial charge < -0.3 is 19.7 Å². The lowest BCUT2D eigenvalue weighted by atomic mass is 9.90. The quantitative estimate of drug-likeness (QED) is 0.570. The van der Waals surface area contributed by atoms with Crippen molar-refractivity contribution in [2.45, 2.75) is 23.8 Å². The number of nitrogens with one attached hydrogen (secondary N) is 1. The molecule has 0 aliphatic carbocycles. The molecule has 0 bridgehead atoms. The van der Waals surface area contributed by atoms with Crippen LogP contribution in [0.4, 0.5) is 5.69 Å². The van der Waals surface area contributed by atoms with E-state index in [9.17, 15) is 9.59 Å². The maximum atomic E-state index is 13.8. The van der Waals surface area contributed by atoms with E-state index < -0.39 is 0 Å². The topological polar surface area (TPSA) is 67.9 Å². The number of benzene rings is 2. The summed E-state index contributed by atoms with van der Waals surface area (Å²) in [5, 5.41) is 4.97. The Morgan fingerprint density at radius 1 is 1.09 bits per heavy atom. The molecule has 170 valence electrons. The van der Waals surface area contributed by atoms with Gasteiger partial charge in [0.05, 0.1) is 25.9 Å². The van der Waals surface area contributed by atoms with Crippen molar-refractivity contribution in [1.29, 1.82) is 0 Å². The second-order valence-electron chi connectivity index (χ2n) is 7.93. The van der Waals surface area contributed by atoms with Crippen LogP contribution in [0.2, 0.25) is 0 Å². The molecule has 0 spiro atoms. The minimum atomic E-state index is -0.219. The van der Waals surface area contributed by atoms with Gasteiger partial charge in [-0.2, -0.15) is 0 Å². The van der Waals surface area contributed by atoms with Crippen LogP contribution in [-0.4, -0.2) is 43.2 Å². The first kappa shape index (κ1) is 21.9. The number of ether oxygens (including phenoxy) is 2. The highest BCUT2D eigenvalue weighted by Crippen LogP contribution is 2.43. The molecule has 0 radical (unpaired) electrons. The summed E-state index contributed by atoms with van der Waals surface area (Å²) in [4.78, 5) is 29.9. The van der Waals surface area contributed by atoms with Crippen molar-refractivity contribution < 1.29 is 19.1 Å². The molecule has 33 heavy (non-hydrogen) atoms. The Morgan fingerprint density at radius 2 is 1.91 bits per heavy atom. The molecule has 6 nitrogen and oxygen atoms in total. The number of hydrogen-bond acceptors (Lipinski definition) is 6. The van der Waals surface area contributed by atoms with Crippen molar-refractivity contribution in [3.8, 4) is 11.5 Å². The van der Waals surface area contributed by atoms with Gasteiger partial charge >= 0.3 is 0 Å². The fraction of sp³-hybridized carbons (Fsp3) is 0.280. The van der Waals surface area contributed by atoms with Crippen molar-refractivity contribution in [3.05, 3.63) is 69.4 Å². The molecule has 1 unspecified atom stereocenters. The molecule has 0 saturated heterocycles. The monoisotopic (exact) mass is 480 g/mol. The molecule has 5 rings (SSSR count). The maximum absolute atomic E-state index is 13.8. The first-order valence-electron chi connectivity index (χ1n) is 10.7. The number of hydrogen-bond donors (Lipinski definition) is 1. The number of carbonyl (C=O) groups excluding carboxylic acids is 2. The van der Waals surface area contributed by atoms with Crippen molar-refractivity contribution >= 4 is 40.6 Å². The third-order valence-electron chi connectivity index (χ3n) is 6.03. The molecule has 2 aromatic carbocycles. The third-order valence-corrected chi connectivity index (χ3v) is 8.03. The van der Waals surface area contributed by atoms with Crippen LogP contribution >= 0.6 is 23.1 Å². The number of rotatable bonds is 4. The van der Waals surface area contributed by atoms with Crippen molar-refractivity contribution in [1.82, 2.24) is 4.90 Å². The fourth-order valence-electron chi connectivity index (χ4n) is 4.44. The number of fused-ring (bicyclic) bond motifs is 2. The summed E-state index contributed by atoms with van der Waals surface area (Å²) >= 11 is 3.27. The summed E-state index contributed by atoms with van der Waals surface area (Å²) in [7, 11) is 3.26. The van der Waals surface area contributed by atoms with Crippen LogP contribution in [0.15, 0.2) is 52.7 Å². The molecule has 1 atom stereocenters. The van der Waals surface area contributed by atoms with E-state index in [1.165, 1.54) is 0 Å². The Balaban J connectivity index is 1.56. The summed E-state index contributed by atoms with van der Waals surface area (Å²) in [5.41, 5.74) is 3.49. The molecule has 0 saturated carbocycles. The van der Waals surface area contributed by atoms with Crippen molar-refractivity contribution in [2.24, 2.45) is 0 Å². The smallest absolute Gasteiger partial charge is 0.254 e. The number of thiophene rings is 1. The molecular formula is C25H24N2O4S2. The Kier molecular flexibility index (Phi) is 6.03. The van der Waals surface area contributed by atoms with Crippen LogP contribution in [0, 0.1) is 0 Å². The van der Waals surface area contributed by atoms with Gasteiger partial charge in [0.1, 0.15) is 0 Å². The van der Waals surface area contributed by atoms with Gasteiger partial charge in [-0.25, -0.2) is 0 Å². The zero-order valence-corrected chi connectivity index (χ0v) is 20.1. The van der Waals surface area contributed by atoms with E-state index in [0.717, 1.165) is 33.1 Å². The second-order valence-corrected chi connectivity index (χ2v) is 10.0. The predicted molar refractivity (Wildman–Crippen MR) is 131 cm³/mol. The predicted octanol–water partition coefficient (Wildman–Crippen LogP) is 4.99. The average molecular weight is 481 g/mol. The van der Waals surface area contributed by atoms with E-state index in [1.54, 1.807) is 37.3 Å². The average Bonchev–Trinajstić information content (AvgIpc) is 3.30. The first-order valence-corrected chi connectivity index (χ1v) is 12.6. The van der Waals surface area contributed by atoms with Crippen LogP contribution in [0.25, 0.3) is 0 Å². The number of nitrogens with zero attached hydrogens (tertiary/aromatic N) is 1. The number of carbonyl (C=O) groups is 2. The van der Waals surface area contributed by atoms with Crippen LogP contribution in [0.3, 0.4) is 0 Å². The van der Waals surface area contributed by atoms with Crippen LogP contribution < -0.4 is 14.8 Å². The van der Waals surface area contributed by atoms with E-state index >= 15 is 0 Å². The van der Waals surface area contributed by atoms with Gasteiger partial charge in [0.15, 0.2) is 11.5 Å². The standard InChI is InChI=1S/C25H24N2O4S2/c1-30-19-13-15-7-9-27(24(22-4-3-10-32-22)17(15)14-20(19)31-2)25(29)16-5-6-21-18(12-16)26-23(28)8-11-33-21/h3-6,10,12-14,24H,7-9,11H2,1-2H3,(H,26,28). The summed E-state index contributed by atoms with van der Waals surface area (Å²) in [6.45, 7) is 0.585. The molecule has 3 heterocycles. The van der Waals surface area contributed by atoms with E-state index in [4.69, 9.17) is 9.47 Å². The Bertz CT molecular complexity index is 1210. The number of thioether (sulfide) groups is 1. The molecule has 1 aromatic heterocycles. The maximum Gasteiger partial charge on any atom is 0.254 e. The highest BCUT2D eigenvalue weighted by atomic mass is 32.2. The van der Waals surface area contributed by atoms with Gasteiger partial charge in [-0.3, -0.25) is 9.59 Å². The largest absolute Gasteiger partial charge is 0.493 e. The Morgan fingerprint density at radius 3 is 2.67 bits per heavy atom. The van der Waals surface area contributed by atoms with Gasteiger partial charge in [-0.05, 0) is 59.3 Å². The van der Waals surface area contributed by atoms with Crippen LogP contribution in [0.1, 0.15) is 38.8 Å². The lowest BCUT2D eigenvalue weighted by Gasteiger charge is -2.37. The van der Waals surface area contributed by atoms with Gasteiger partial charge in [0.25, 0.3) is 5.91 Å². The van der Waals surface area contributed by atoms with Crippen molar-refractivity contribution in [2.75, 3.05) is 31.8 Å². The minimum Gasteiger partial charge on any atom is -0.493 e. The summed E-state index contributed by atoms with van der Waals surface area (Å²) in [5.74, 6) is 2.01. The normalized spacial score (nSPS) is 17.5. The molecule has 2 aliphatic rings. The molecule has 8 heteroatoms. The lowest BCUT2D eigenvalue weighted by molar-refractivity contribution is -0.115. The Labute approximate surface area is 200 Å². The highest BCUT2D eigenvalue weighted by Gasteiger charge is 2.34. The number of amides is 2. The molecule has 0 fully saturated rings. The Hall–Kier alpha value is -2.97. The molecular weight excluding hydrogens is 456 g/mol. The van der Waals surface area contributed by atoms with Gasteiger partial charge in [0.2, 0.25) is 5.91 Å². The molecule has 2 amide bonds. The molecule has 1 N–H and O–H groups in total. The third kappa shape index (κ3) is 4.09. The molecule has 3 aromatic rings. The van der Waals surface area contributed by atoms with Gasteiger partial charge in [-0.15, -0.1) is 23.1 Å². The van der Waals surface area contributed by atoms with Gasteiger partial charge in [-0.1, -0.05) is 6.07 Å². The summed E-state index contributed by atoms with van der Waals surface area (Å²) in [6, 6.07) is 13.5. The van der Waals surface area contributed by atoms with Gasteiger partial charge in [0, 0.05) is 34.1 Å². The van der Waals surface area contributed by atoms with E-state index in [0.29, 0.717) is 35.7 Å². The number of methoxy groups -OCH3 is 2. The highest BCUT2D eigenvalue weighted by molar-refractivity contribution is 7.99. The molecule has 2 aliphatic heterocycles. The zero-order chi connectivity index (χ0) is 22.9. The SMILES string of the molecule is COc1cc2c(cc1OC)C(c1cccs1)N(C(=O)c1ccc3c(c1)NC(=O)CCS3)CC2. The van der Waals surface area contributed by atoms with Crippen LogP contribution in [-0.2, 0) is 11.2 Å². The second kappa shape index (κ2) is 9.11. The first-order chi connectivity index (χ1) is 16.1. The van der Waals surface area contributed by atoms with E-state index in [1.807, 2.05) is 46.7 Å². The lowest BCUT2D eigenvalue weighted by Crippen LogP contribution is -2.40. The van der Waals surface area contributed by atoms with Crippen LogP contribution in [0.5, 0.6) is 11.5 Å². The summed E-state index contributed by atoms with van der Waals surface area (Å²) in [6.07, 6.45) is 1.19.